The molecule has 0 fully saturated rings. The van der Waals surface area contributed by atoms with Gasteiger partial charge < -0.3 is 15.0 Å². The maximum Gasteiger partial charge on any atom is 0.276 e. The van der Waals surface area contributed by atoms with E-state index in [2.05, 4.69) is 16.2 Å². The molecule has 21 heavy (non-hydrogen) atoms. The lowest BCUT2D eigenvalue weighted by Crippen LogP contribution is -3.06. The second-order valence-electron chi connectivity index (χ2n) is 4.61. The second kappa shape index (κ2) is 9.38. The molecule has 6 nitrogen and oxygen atoms in total. The fraction of sp³-hybridized carbons (Fsp3) is 0.385. The van der Waals surface area contributed by atoms with Crippen LogP contribution in [0.5, 0.6) is 5.75 Å². The Morgan fingerprint density at radius 1 is 1.33 bits per heavy atom. The van der Waals surface area contributed by atoms with E-state index in [1.807, 2.05) is 14.1 Å². The molecule has 0 aliphatic heterocycles. The first-order valence-electron chi connectivity index (χ1n) is 6.48. The molecule has 1 rings (SSSR count). The Kier molecular flexibility index (Phi) is 7.81. The number of para-hydroxylation sites is 1. The molecule has 0 heterocycles. The molecule has 0 bridgehead atoms. The minimum absolute atomic E-state index is 0.152. The van der Waals surface area contributed by atoms with Gasteiger partial charge in [0.1, 0.15) is 5.75 Å². The minimum atomic E-state index is -0.350. The summed E-state index contributed by atoms with van der Waals surface area (Å²) in [4.78, 5) is 12.9. The highest BCUT2D eigenvalue weighted by molar-refractivity contribution is 7.80. The molecule has 8 heteroatoms. The molecule has 4 N–H and O–H groups in total. The van der Waals surface area contributed by atoms with E-state index < -0.39 is 0 Å². The van der Waals surface area contributed by atoms with Gasteiger partial charge in [0.25, 0.3) is 5.91 Å². The van der Waals surface area contributed by atoms with Gasteiger partial charge in [0.2, 0.25) is 0 Å². The number of carbonyl (C=O) groups excluding carboxylic acids is 1. The van der Waals surface area contributed by atoms with E-state index in [0.29, 0.717) is 15.9 Å². The Balaban J connectivity index is 2.19. The number of hydrogen-bond donors (Lipinski definition) is 4. The van der Waals surface area contributed by atoms with Crippen molar-refractivity contribution in [3.8, 4) is 5.75 Å². The summed E-state index contributed by atoms with van der Waals surface area (Å²) in [5, 5.41) is 3.80. The Bertz CT molecular complexity index is 485. The fourth-order valence-corrected chi connectivity index (χ4v) is 1.68. The molecule has 1 aromatic rings. The van der Waals surface area contributed by atoms with Crippen LogP contribution in [0.1, 0.15) is 0 Å². The lowest BCUT2D eigenvalue weighted by molar-refractivity contribution is -0.856. The van der Waals surface area contributed by atoms with Crippen LogP contribution in [-0.2, 0) is 4.79 Å². The van der Waals surface area contributed by atoms with Crippen molar-refractivity contribution in [2.24, 2.45) is 0 Å². The van der Waals surface area contributed by atoms with Gasteiger partial charge in [0.15, 0.2) is 11.7 Å². The van der Waals surface area contributed by atoms with Gasteiger partial charge in [-0.25, -0.2) is 0 Å². The van der Waals surface area contributed by atoms with Crippen LogP contribution in [0.3, 0.4) is 0 Å². The third-order valence-electron chi connectivity index (χ3n) is 2.42. The van der Waals surface area contributed by atoms with Crippen molar-refractivity contribution in [2.45, 2.75) is 0 Å². The zero-order valence-corrected chi connectivity index (χ0v) is 13.6. The number of carbonyl (C=O) groups is 1. The number of halogens is 1. The van der Waals surface area contributed by atoms with Crippen molar-refractivity contribution in [1.29, 1.82) is 0 Å². The summed E-state index contributed by atoms with van der Waals surface area (Å²) in [6, 6.07) is 6.96. The number of hydrazine groups is 1. The smallest absolute Gasteiger partial charge is 0.276 e. The number of rotatable bonds is 6. The van der Waals surface area contributed by atoms with Crippen molar-refractivity contribution < 1.29 is 14.4 Å². The van der Waals surface area contributed by atoms with E-state index >= 15 is 0 Å². The van der Waals surface area contributed by atoms with Crippen LogP contribution in [0.15, 0.2) is 24.3 Å². The molecular formula is C13H20ClN4O2S+. The highest BCUT2D eigenvalue weighted by atomic mass is 35.5. The largest absolute Gasteiger partial charge is 0.482 e. The summed E-state index contributed by atoms with van der Waals surface area (Å²) in [6.07, 6.45) is 0. The van der Waals surface area contributed by atoms with E-state index in [1.54, 1.807) is 24.3 Å². The molecule has 1 aromatic carbocycles. The number of benzene rings is 1. The lowest BCUT2D eigenvalue weighted by atomic mass is 10.3. The maximum absolute atomic E-state index is 11.6. The van der Waals surface area contributed by atoms with E-state index in [4.69, 9.17) is 28.6 Å². The average molecular weight is 332 g/mol. The summed E-state index contributed by atoms with van der Waals surface area (Å²) >= 11 is 10.9. The minimum Gasteiger partial charge on any atom is -0.482 e. The summed E-state index contributed by atoms with van der Waals surface area (Å²) in [7, 11) is 4.10. The van der Waals surface area contributed by atoms with Gasteiger partial charge in [0, 0.05) is 0 Å². The van der Waals surface area contributed by atoms with Crippen LogP contribution in [0.2, 0.25) is 5.02 Å². The highest BCUT2D eigenvalue weighted by Crippen LogP contribution is 2.22. The van der Waals surface area contributed by atoms with Gasteiger partial charge in [-0.1, -0.05) is 23.7 Å². The van der Waals surface area contributed by atoms with Crippen LogP contribution in [0.25, 0.3) is 0 Å². The van der Waals surface area contributed by atoms with Crippen molar-refractivity contribution in [1.82, 2.24) is 16.2 Å². The quantitative estimate of drug-likeness (QED) is 0.412. The van der Waals surface area contributed by atoms with Gasteiger partial charge >= 0.3 is 0 Å². The number of nitrogens with one attached hydrogen (secondary N) is 4. The summed E-state index contributed by atoms with van der Waals surface area (Å²) in [6.45, 7) is 1.49. The molecule has 0 radical (unpaired) electrons. The number of quaternary nitrogens is 1. The fourth-order valence-electron chi connectivity index (χ4n) is 1.34. The van der Waals surface area contributed by atoms with Gasteiger partial charge in [-0.2, -0.15) is 0 Å². The first kappa shape index (κ1) is 17.5. The first-order chi connectivity index (χ1) is 9.99. The molecule has 0 saturated heterocycles. The Hall–Kier alpha value is -1.57. The van der Waals surface area contributed by atoms with Crippen LogP contribution in [0, 0.1) is 0 Å². The van der Waals surface area contributed by atoms with Crippen LogP contribution in [0.4, 0.5) is 0 Å². The predicted molar refractivity (Wildman–Crippen MR) is 86.5 cm³/mol. The van der Waals surface area contributed by atoms with Crippen molar-refractivity contribution >= 4 is 34.8 Å². The summed E-state index contributed by atoms with van der Waals surface area (Å²) in [5.41, 5.74) is 5.05. The number of ether oxygens (including phenoxy) is 1. The Morgan fingerprint density at radius 3 is 2.71 bits per heavy atom. The molecule has 0 atom stereocenters. The van der Waals surface area contributed by atoms with E-state index in [-0.39, 0.29) is 12.5 Å². The lowest BCUT2D eigenvalue weighted by Gasteiger charge is -2.13. The van der Waals surface area contributed by atoms with Crippen molar-refractivity contribution in [3.05, 3.63) is 29.3 Å². The molecule has 0 aromatic heterocycles. The molecule has 0 spiro atoms. The second-order valence-corrected chi connectivity index (χ2v) is 5.42. The summed E-state index contributed by atoms with van der Waals surface area (Å²) in [5.74, 6) is 0.112. The normalized spacial score (nSPS) is 10.1. The maximum atomic E-state index is 11.6. The SMILES string of the molecule is C[NH+](C)CCNC(=S)NNC(=O)COc1ccccc1Cl. The van der Waals surface area contributed by atoms with E-state index in [9.17, 15) is 4.79 Å². The van der Waals surface area contributed by atoms with Gasteiger partial charge in [0.05, 0.1) is 32.2 Å². The number of amides is 1. The Labute approximate surface area is 134 Å². The van der Waals surface area contributed by atoms with E-state index in [1.165, 1.54) is 4.90 Å². The topological polar surface area (TPSA) is 66.8 Å². The number of likely N-dealkylation sites (N-methyl/N-ethyl adjacent to an activating group) is 1. The predicted octanol–water partition coefficient (Wildman–Crippen LogP) is -0.641. The molecule has 0 unspecified atom stereocenters. The molecule has 0 aliphatic rings. The zero-order valence-electron chi connectivity index (χ0n) is 12.0. The van der Waals surface area contributed by atoms with Crippen LogP contribution >= 0.6 is 23.8 Å². The first-order valence-corrected chi connectivity index (χ1v) is 7.26. The summed E-state index contributed by atoms with van der Waals surface area (Å²) < 4.78 is 5.29. The van der Waals surface area contributed by atoms with Gasteiger partial charge in [-0.15, -0.1) is 0 Å². The van der Waals surface area contributed by atoms with Crippen LogP contribution in [-0.4, -0.2) is 44.8 Å². The highest BCUT2D eigenvalue weighted by Gasteiger charge is 2.05. The molecule has 1 amide bonds. The number of hydrogen-bond acceptors (Lipinski definition) is 3. The monoisotopic (exact) mass is 331 g/mol. The standard InChI is InChI=1S/C13H19ClN4O2S/c1-18(2)8-7-15-13(21)17-16-12(19)9-20-11-6-4-3-5-10(11)14/h3-6H,7-9H2,1-2H3,(H,16,19)(H2,15,17,21)/p+1. The van der Waals surface area contributed by atoms with Gasteiger partial charge in [-0.05, 0) is 24.4 Å². The van der Waals surface area contributed by atoms with Gasteiger partial charge in [-0.3, -0.25) is 15.6 Å². The molecule has 0 aliphatic carbocycles. The average Bonchev–Trinajstić information content (AvgIpc) is 2.44. The Morgan fingerprint density at radius 2 is 2.05 bits per heavy atom. The van der Waals surface area contributed by atoms with Crippen LogP contribution < -0.4 is 25.8 Å². The molecular weight excluding hydrogens is 312 g/mol. The molecule has 0 saturated carbocycles. The zero-order chi connectivity index (χ0) is 15.7. The molecule has 116 valence electrons. The van der Waals surface area contributed by atoms with E-state index in [0.717, 1.165) is 13.1 Å². The van der Waals surface area contributed by atoms with Crippen molar-refractivity contribution in [2.75, 3.05) is 33.8 Å². The third kappa shape index (κ3) is 7.69. The van der Waals surface area contributed by atoms with Crippen molar-refractivity contribution in [3.63, 3.8) is 0 Å². The number of thiocarbonyl (C=S) groups is 1. The third-order valence-corrected chi connectivity index (χ3v) is 2.98.